The van der Waals surface area contributed by atoms with Gasteiger partial charge in [0.05, 0.1) is 13.2 Å². The second-order valence-electron chi connectivity index (χ2n) is 5.24. The van der Waals surface area contributed by atoms with Gasteiger partial charge in [-0.25, -0.2) is 0 Å². The molecule has 7 nitrogen and oxygen atoms in total. The van der Waals surface area contributed by atoms with Gasteiger partial charge in [-0.3, -0.25) is 9.59 Å². The van der Waals surface area contributed by atoms with E-state index in [9.17, 15) is 9.59 Å². The zero-order valence-electron chi connectivity index (χ0n) is 13.0. The summed E-state index contributed by atoms with van der Waals surface area (Å²) in [7, 11) is 3.26. The third-order valence-electron chi connectivity index (χ3n) is 3.67. The van der Waals surface area contributed by atoms with Crippen LogP contribution in [-0.4, -0.2) is 76.9 Å². The number of methoxy groups -OCH3 is 2. The van der Waals surface area contributed by atoms with Gasteiger partial charge in [-0.05, 0) is 31.8 Å². The summed E-state index contributed by atoms with van der Waals surface area (Å²) >= 11 is 0. The lowest BCUT2D eigenvalue weighted by Crippen LogP contribution is -2.44. The lowest BCUT2D eigenvalue weighted by molar-refractivity contribution is -0.139. The van der Waals surface area contributed by atoms with Crippen LogP contribution in [-0.2, 0) is 19.1 Å². The van der Waals surface area contributed by atoms with Gasteiger partial charge in [-0.2, -0.15) is 0 Å². The molecule has 2 N–H and O–H groups in total. The van der Waals surface area contributed by atoms with Crippen LogP contribution in [0, 0.1) is 5.92 Å². The molecule has 0 radical (unpaired) electrons. The summed E-state index contributed by atoms with van der Waals surface area (Å²) in [5.41, 5.74) is 0. The van der Waals surface area contributed by atoms with Gasteiger partial charge in [0.25, 0.3) is 0 Å². The minimum absolute atomic E-state index is 0.348. The van der Waals surface area contributed by atoms with Gasteiger partial charge in [-0.1, -0.05) is 0 Å². The Bertz CT molecular complexity index is 317. The van der Waals surface area contributed by atoms with E-state index in [0.29, 0.717) is 25.6 Å². The van der Waals surface area contributed by atoms with Gasteiger partial charge in [0, 0.05) is 33.9 Å². The van der Waals surface area contributed by atoms with Crippen molar-refractivity contribution in [1.29, 1.82) is 0 Å². The zero-order chi connectivity index (χ0) is 15.5. The van der Waals surface area contributed by atoms with Crippen LogP contribution < -0.4 is 10.6 Å². The molecule has 0 unspecified atom stereocenters. The standard InChI is InChI=1S/C14H27N3O4/c1-20-9-5-15-13(18)14(19)16-11-12-3-6-17(7-4-12)8-10-21-2/h12H,3-11H2,1-2H3,(H,15,18)(H,16,19). The topological polar surface area (TPSA) is 79.9 Å². The molecular weight excluding hydrogens is 274 g/mol. The quantitative estimate of drug-likeness (QED) is 0.454. The fraction of sp³-hybridized carbons (Fsp3) is 0.857. The maximum atomic E-state index is 11.6. The van der Waals surface area contributed by atoms with Gasteiger partial charge in [0.15, 0.2) is 0 Å². The van der Waals surface area contributed by atoms with Gasteiger partial charge in [0.1, 0.15) is 0 Å². The first-order valence-electron chi connectivity index (χ1n) is 7.43. The Balaban J connectivity index is 2.12. The third kappa shape index (κ3) is 7.40. The third-order valence-corrected chi connectivity index (χ3v) is 3.67. The SMILES string of the molecule is COCCNC(=O)C(=O)NCC1CCN(CCOC)CC1. The van der Waals surface area contributed by atoms with E-state index in [1.807, 2.05) is 0 Å². The summed E-state index contributed by atoms with van der Waals surface area (Å²) in [5, 5.41) is 5.21. The predicted octanol–water partition coefficient (Wildman–Crippen LogP) is -0.776. The highest BCUT2D eigenvalue weighted by atomic mass is 16.5. The summed E-state index contributed by atoms with van der Waals surface area (Å²) in [6.07, 6.45) is 2.07. The maximum absolute atomic E-state index is 11.6. The number of piperidine rings is 1. The smallest absolute Gasteiger partial charge is 0.309 e. The normalized spacial score (nSPS) is 16.7. The summed E-state index contributed by atoms with van der Waals surface area (Å²) in [6.45, 7) is 5.06. The predicted molar refractivity (Wildman–Crippen MR) is 78.9 cm³/mol. The fourth-order valence-electron chi connectivity index (χ4n) is 2.30. The Morgan fingerprint density at radius 1 is 1.05 bits per heavy atom. The second-order valence-corrected chi connectivity index (χ2v) is 5.24. The Morgan fingerprint density at radius 2 is 1.67 bits per heavy atom. The van der Waals surface area contributed by atoms with E-state index in [1.54, 1.807) is 14.2 Å². The van der Waals surface area contributed by atoms with Crippen LogP contribution in [0.4, 0.5) is 0 Å². The van der Waals surface area contributed by atoms with Crippen molar-refractivity contribution in [1.82, 2.24) is 15.5 Å². The van der Waals surface area contributed by atoms with Crippen LogP contribution in [0.2, 0.25) is 0 Å². The molecule has 0 spiro atoms. The van der Waals surface area contributed by atoms with Gasteiger partial charge in [-0.15, -0.1) is 0 Å². The fourth-order valence-corrected chi connectivity index (χ4v) is 2.30. The number of carbonyl (C=O) groups is 2. The lowest BCUT2D eigenvalue weighted by Gasteiger charge is -2.31. The molecule has 0 aliphatic carbocycles. The zero-order valence-corrected chi connectivity index (χ0v) is 13.0. The number of nitrogens with one attached hydrogen (secondary N) is 2. The van der Waals surface area contributed by atoms with Crippen molar-refractivity contribution in [2.45, 2.75) is 12.8 Å². The number of rotatable bonds is 8. The Labute approximate surface area is 126 Å². The monoisotopic (exact) mass is 301 g/mol. The molecule has 0 bridgehead atoms. The highest BCUT2D eigenvalue weighted by Crippen LogP contribution is 2.15. The van der Waals surface area contributed by atoms with Crippen LogP contribution in [0.5, 0.6) is 0 Å². The van der Waals surface area contributed by atoms with Crippen molar-refractivity contribution in [3.8, 4) is 0 Å². The van der Waals surface area contributed by atoms with Crippen molar-refractivity contribution in [2.75, 3.05) is 60.2 Å². The molecule has 122 valence electrons. The van der Waals surface area contributed by atoms with Crippen LogP contribution in [0.25, 0.3) is 0 Å². The minimum Gasteiger partial charge on any atom is -0.383 e. The van der Waals surface area contributed by atoms with Crippen LogP contribution in [0.15, 0.2) is 0 Å². The molecule has 1 aliphatic heterocycles. The van der Waals surface area contributed by atoms with E-state index in [0.717, 1.165) is 39.1 Å². The molecule has 2 amide bonds. The molecule has 0 aromatic rings. The first kappa shape index (κ1) is 17.9. The molecule has 0 saturated carbocycles. The molecule has 1 fully saturated rings. The summed E-state index contributed by atoms with van der Waals surface area (Å²) in [6, 6.07) is 0. The number of likely N-dealkylation sites (tertiary alicyclic amines) is 1. The molecule has 1 rings (SSSR count). The first-order valence-corrected chi connectivity index (χ1v) is 7.43. The molecule has 0 aromatic carbocycles. The summed E-state index contributed by atoms with van der Waals surface area (Å²) < 4.78 is 9.87. The van der Waals surface area contributed by atoms with E-state index in [4.69, 9.17) is 9.47 Å². The molecule has 7 heteroatoms. The lowest BCUT2D eigenvalue weighted by atomic mass is 9.97. The second kappa shape index (κ2) is 10.5. The van der Waals surface area contributed by atoms with E-state index in [2.05, 4.69) is 15.5 Å². The highest BCUT2D eigenvalue weighted by Gasteiger charge is 2.20. The summed E-state index contributed by atoms with van der Waals surface area (Å²) in [5.74, 6) is -0.711. The number of carbonyl (C=O) groups excluding carboxylic acids is 2. The van der Waals surface area contributed by atoms with E-state index < -0.39 is 11.8 Å². The molecule has 1 aliphatic rings. The number of hydrogen-bond acceptors (Lipinski definition) is 5. The van der Waals surface area contributed by atoms with Crippen molar-refractivity contribution >= 4 is 11.8 Å². The number of ether oxygens (including phenoxy) is 2. The maximum Gasteiger partial charge on any atom is 0.309 e. The molecule has 21 heavy (non-hydrogen) atoms. The largest absolute Gasteiger partial charge is 0.383 e. The van der Waals surface area contributed by atoms with Crippen molar-refractivity contribution in [3.05, 3.63) is 0 Å². The Morgan fingerprint density at radius 3 is 2.29 bits per heavy atom. The molecular formula is C14H27N3O4. The minimum atomic E-state index is -0.593. The molecule has 0 atom stereocenters. The van der Waals surface area contributed by atoms with E-state index in [1.165, 1.54) is 0 Å². The number of hydrogen-bond donors (Lipinski definition) is 2. The molecule has 1 saturated heterocycles. The van der Waals surface area contributed by atoms with E-state index in [-0.39, 0.29) is 0 Å². The Kier molecular flexibility index (Phi) is 8.96. The van der Waals surface area contributed by atoms with Crippen LogP contribution in [0.3, 0.4) is 0 Å². The Hall–Kier alpha value is -1.18. The van der Waals surface area contributed by atoms with Crippen LogP contribution >= 0.6 is 0 Å². The van der Waals surface area contributed by atoms with Crippen molar-refractivity contribution < 1.29 is 19.1 Å². The van der Waals surface area contributed by atoms with Gasteiger partial charge < -0.3 is 25.0 Å². The van der Waals surface area contributed by atoms with Gasteiger partial charge >= 0.3 is 11.8 Å². The number of nitrogens with zero attached hydrogens (tertiary/aromatic N) is 1. The number of amides is 2. The average Bonchev–Trinajstić information content (AvgIpc) is 2.51. The average molecular weight is 301 g/mol. The van der Waals surface area contributed by atoms with Crippen molar-refractivity contribution in [3.63, 3.8) is 0 Å². The first-order chi connectivity index (χ1) is 10.2. The highest BCUT2D eigenvalue weighted by molar-refractivity contribution is 6.35. The van der Waals surface area contributed by atoms with Gasteiger partial charge in [0.2, 0.25) is 0 Å². The molecule has 1 heterocycles. The summed E-state index contributed by atoms with van der Waals surface area (Å²) in [4.78, 5) is 25.4. The van der Waals surface area contributed by atoms with Crippen LogP contribution in [0.1, 0.15) is 12.8 Å². The van der Waals surface area contributed by atoms with E-state index >= 15 is 0 Å². The molecule has 0 aromatic heterocycles. The van der Waals surface area contributed by atoms with Crippen molar-refractivity contribution in [2.24, 2.45) is 5.92 Å².